The van der Waals surface area contributed by atoms with Gasteiger partial charge in [-0.1, -0.05) is 30.3 Å². The van der Waals surface area contributed by atoms with Gasteiger partial charge in [0.25, 0.3) is 5.91 Å². The maximum absolute atomic E-state index is 14.3. The fraction of sp³-hybridized carbons (Fsp3) is 0.0800. The molecule has 0 atom stereocenters. The van der Waals surface area contributed by atoms with E-state index in [0.717, 1.165) is 12.1 Å². The van der Waals surface area contributed by atoms with E-state index in [2.05, 4.69) is 0 Å². The van der Waals surface area contributed by atoms with Crippen LogP contribution in [0.1, 0.15) is 21.5 Å². The highest BCUT2D eigenvalue weighted by atomic mass is 19.1. The molecule has 31 heavy (non-hydrogen) atoms. The Morgan fingerprint density at radius 3 is 2.26 bits per heavy atom. The van der Waals surface area contributed by atoms with Crippen LogP contribution in [0, 0.1) is 17.5 Å². The first-order chi connectivity index (χ1) is 15.0. The van der Waals surface area contributed by atoms with Gasteiger partial charge in [0, 0.05) is 37.1 Å². The van der Waals surface area contributed by atoms with Crippen molar-refractivity contribution in [1.82, 2.24) is 9.47 Å². The predicted octanol–water partition coefficient (Wildman–Crippen LogP) is 5.74. The first-order valence-corrected chi connectivity index (χ1v) is 9.71. The average molecular weight is 420 g/mol. The van der Waals surface area contributed by atoms with E-state index in [1.807, 2.05) is 41.2 Å². The number of para-hydroxylation sites is 1. The number of aromatic nitrogens is 1. The monoisotopic (exact) mass is 420 g/mol. The number of hydrogen-bond acceptors (Lipinski definition) is 1. The maximum Gasteiger partial charge on any atom is 0.256 e. The Hall–Kier alpha value is -3.80. The highest BCUT2D eigenvalue weighted by Gasteiger charge is 2.21. The first kappa shape index (κ1) is 20.5. The van der Waals surface area contributed by atoms with Crippen molar-refractivity contribution in [3.8, 4) is 5.69 Å². The van der Waals surface area contributed by atoms with E-state index >= 15 is 0 Å². The lowest BCUT2D eigenvalue weighted by Gasteiger charge is -2.25. The van der Waals surface area contributed by atoms with E-state index in [0.29, 0.717) is 16.8 Å². The molecule has 0 saturated heterocycles. The fourth-order valence-electron chi connectivity index (χ4n) is 3.46. The summed E-state index contributed by atoms with van der Waals surface area (Å²) in [5.41, 5.74) is 1.82. The lowest BCUT2D eigenvalue weighted by molar-refractivity contribution is 0.0728. The van der Waals surface area contributed by atoms with Crippen LogP contribution >= 0.6 is 0 Å². The minimum Gasteiger partial charge on any atom is -0.330 e. The van der Waals surface area contributed by atoms with Crippen molar-refractivity contribution in [2.45, 2.75) is 13.1 Å². The van der Waals surface area contributed by atoms with Crippen molar-refractivity contribution in [1.29, 1.82) is 0 Å². The largest absolute Gasteiger partial charge is 0.330 e. The Labute approximate surface area is 178 Å². The molecule has 0 bridgehead atoms. The zero-order chi connectivity index (χ0) is 21.8. The molecule has 0 saturated carbocycles. The topological polar surface area (TPSA) is 25.2 Å². The number of hydrogen-bond donors (Lipinski definition) is 0. The van der Waals surface area contributed by atoms with E-state index in [4.69, 9.17) is 0 Å². The lowest BCUT2D eigenvalue weighted by Crippen LogP contribution is -2.31. The zero-order valence-electron chi connectivity index (χ0n) is 16.5. The molecule has 4 aromatic rings. The van der Waals surface area contributed by atoms with Crippen LogP contribution in [0.5, 0.6) is 0 Å². The van der Waals surface area contributed by atoms with Crippen LogP contribution in [-0.4, -0.2) is 15.4 Å². The van der Waals surface area contributed by atoms with Crippen molar-refractivity contribution in [3.63, 3.8) is 0 Å². The Kier molecular flexibility index (Phi) is 5.89. The molecular formula is C25H19F3N2O. The third kappa shape index (κ3) is 4.69. The zero-order valence-corrected chi connectivity index (χ0v) is 16.5. The number of carbonyl (C=O) groups excluding carboxylic acids is 1. The van der Waals surface area contributed by atoms with E-state index in [1.54, 1.807) is 24.3 Å². The molecule has 0 unspecified atom stereocenters. The molecule has 0 aliphatic rings. The van der Waals surface area contributed by atoms with Crippen molar-refractivity contribution in [2.75, 3.05) is 0 Å². The van der Waals surface area contributed by atoms with Crippen LogP contribution in [0.4, 0.5) is 13.2 Å². The lowest BCUT2D eigenvalue weighted by atomic mass is 10.1. The van der Waals surface area contributed by atoms with Crippen molar-refractivity contribution in [3.05, 3.63) is 125 Å². The van der Waals surface area contributed by atoms with E-state index in [-0.39, 0.29) is 24.6 Å². The van der Waals surface area contributed by atoms with Gasteiger partial charge < -0.3 is 9.47 Å². The van der Waals surface area contributed by atoms with Crippen molar-refractivity contribution in [2.24, 2.45) is 0 Å². The van der Waals surface area contributed by atoms with Gasteiger partial charge in [-0.3, -0.25) is 4.79 Å². The van der Waals surface area contributed by atoms with Crippen molar-refractivity contribution < 1.29 is 18.0 Å². The van der Waals surface area contributed by atoms with Gasteiger partial charge in [-0.2, -0.15) is 0 Å². The summed E-state index contributed by atoms with van der Waals surface area (Å²) in [7, 11) is 0. The Balaban J connectivity index is 1.72. The summed E-state index contributed by atoms with van der Waals surface area (Å²) >= 11 is 0. The van der Waals surface area contributed by atoms with Crippen molar-refractivity contribution >= 4 is 5.91 Å². The smallest absolute Gasteiger partial charge is 0.256 e. The Morgan fingerprint density at radius 1 is 0.774 bits per heavy atom. The second-order valence-electron chi connectivity index (χ2n) is 7.13. The second-order valence-corrected chi connectivity index (χ2v) is 7.13. The summed E-state index contributed by atoms with van der Waals surface area (Å²) < 4.78 is 43.2. The summed E-state index contributed by atoms with van der Waals surface area (Å²) in [5, 5.41) is 0. The van der Waals surface area contributed by atoms with E-state index < -0.39 is 17.5 Å². The number of rotatable bonds is 6. The molecule has 1 aromatic heterocycles. The van der Waals surface area contributed by atoms with Gasteiger partial charge in [0.2, 0.25) is 0 Å². The minimum absolute atomic E-state index is 0.0629. The SMILES string of the molecule is O=C(c1ccccc1-n1cccc1)N(Cc1cccc(F)c1)Cc1ccc(F)cc1F. The summed E-state index contributed by atoms with van der Waals surface area (Å²) in [5.74, 6) is -2.21. The quantitative estimate of drug-likeness (QED) is 0.391. The molecule has 0 radical (unpaired) electrons. The van der Waals surface area contributed by atoms with Crippen LogP contribution in [0.3, 0.4) is 0 Å². The average Bonchev–Trinajstić information content (AvgIpc) is 3.29. The summed E-state index contributed by atoms with van der Waals surface area (Å²) in [6.07, 6.45) is 3.64. The highest BCUT2D eigenvalue weighted by molar-refractivity contribution is 5.97. The Morgan fingerprint density at radius 2 is 1.52 bits per heavy atom. The number of benzene rings is 3. The molecule has 1 heterocycles. The third-order valence-corrected chi connectivity index (χ3v) is 4.94. The molecule has 0 N–H and O–H groups in total. The predicted molar refractivity (Wildman–Crippen MR) is 112 cm³/mol. The molecule has 0 aliphatic heterocycles. The number of halogens is 3. The number of amides is 1. The van der Waals surface area contributed by atoms with Gasteiger partial charge in [-0.25, -0.2) is 13.2 Å². The van der Waals surface area contributed by atoms with Crippen LogP contribution in [0.15, 0.2) is 91.3 Å². The van der Waals surface area contributed by atoms with Crippen LogP contribution in [-0.2, 0) is 13.1 Å². The first-order valence-electron chi connectivity index (χ1n) is 9.71. The standard InChI is InChI=1S/C25H19F3N2O/c26-20-7-5-6-18(14-20)16-30(17-19-10-11-21(27)15-23(19)28)25(31)22-8-1-2-9-24(22)29-12-3-4-13-29/h1-15H,16-17H2. The fourth-order valence-corrected chi connectivity index (χ4v) is 3.46. The van der Waals surface area contributed by atoms with E-state index in [9.17, 15) is 18.0 Å². The maximum atomic E-state index is 14.3. The van der Waals surface area contributed by atoms with Gasteiger partial charge in [0.1, 0.15) is 17.5 Å². The number of nitrogens with zero attached hydrogens (tertiary/aromatic N) is 2. The molecule has 1 amide bonds. The van der Waals surface area contributed by atoms with Gasteiger partial charge >= 0.3 is 0 Å². The molecule has 6 heteroatoms. The molecular weight excluding hydrogens is 401 g/mol. The normalized spacial score (nSPS) is 10.8. The highest BCUT2D eigenvalue weighted by Crippen LogP contribution is 2.21. The van der Waals surface area contributed by atoms with Crippen LogP contribution in [0.2, 0.25) is 0 Å². The van der Waals surface area contributed by atoms with Gasteiger partial charge in [0.05, 0.1) is 11.3 Å². The van der Waals surface area contributed by atoms with E-state index in [1.165, 1.54) is 23.1 Å². The summed E-state index contributed by atoms with van der Waals surface area (Å²) in [6, 6.07) is 19.9. The van der Waals surface area contributed by atoms with Gasteiger partial charge in [-0.05, 0) is 48.0 Å². The molecule has 156 valence electrons. The summed E-state index contributed by atoms with van der Waals surface area (Å²) in [4.78, 5) is 15.0. The van der Waals surface area contributed by atoms with Crippen LogP contribution in [0.25, 0.3) is 5.69 Å². The molecule has 0 aliphatic carbocycles. The molecule has 4 rings (SSSR count). The second kappa shape index (κ2) is 8.92. The van der Waals surface area contributed by atoms with Gasteiger partial charge in [0.15, 0.2) is 0 Å². The Bertz CT molecular complexity index is 1210. The van der Waals surface area contributed by atoms with Crippen LogP contribution < -0.4 is 0 Å². The summed E-state index contributed by atoms with van der Waals surface area (Å²) in [6.45, 7) is -0.0328. The minimum atomic E-state index is -0.740. The molecule has 3 aromatic carbocycles. The van der Waals surface area contributed by atoms with Gasteiger partial charge in [-0.15, -0.1) is 0 Å². The molecule has 3 nitrogen and oxygen atoms in total. The molecule has 0 spiro atoms. The number of carbonyl (C=O) groups is 1. The third-order valence-electron chi connectivity index (χ3n) is 4.94. The molecule has 0 fully saturated rings.